The van der Waals surface area contributed by atoms with E-state index in [0.29, 0.717) is 18.2 Å². The van der Waals surface area contributed by atoms with Gasteiger partial charge in [0, 0.05) is 6.54 Å². The van der Waals surface area contributed by atoms with Gasteiger partial charge in [0.25, 0.3) is 0 Å². The normalized spacial score (nSPS) is 12.2. The first-order valence-electron chi connectivity index (χ1n) is 8.99. The highest BCUT2D eigenvalue weighted by molar-refractivity contribution is 7.98. The topological polar surface area (TPSA) is 55.6 Å². The highest BCUT2D eigenvalue weighted by Gasteiger charge is 2.16. The van der Waals surface area contributed by atoms with Gasteiger partial charge >= 0.3 is 0 Å². The predicted octanol–water partition coefficient (Wildman–Crippen LogP) is 5.14. The van der Waals surface area contributed by atoms with Gasteiger partial charge < -0.3 is 5.32 Å². The third-order valence-corrected chi connectivity index (χ3v) is 5.39. The molecule has 0 unspecified atom stereocenters. The van der Waals surface area contributed by atoms with Crippen molar-refractivity contribution in [2.75, 3.05) is 11.6 Å². The molecule has 2 heterocycles. The molecule has 0 spiro atoms. The van der Waals surface area contributed by atoms with Crippen LogP contribution in [0.15, 0.2) is 72.0 Å². The van der Waals surface area contributed by atoms with Gasteiger partial charge in [-0.2, -0.15) is 5.10 Å². The Labute approximate surface area is 173 Å². The largest absolute Gasteiger partial charge is 0.365 e. The number of aromatic nitrogens is 4. The molecular formula is C21H20ClN5S. The number of alkyl halides is 1. The summed E-state index contributed by atoms with van der Waals surface area (Å²) in [4.78, 5) is 9.31. The van der Waals surface area contributed by atoms with Gasteiger partial charge in [-0.3, -0.25) is 0 Å². The maximum absolute atomic E-state index is 6.63. The average molecular weight is 410 g/mol. The average Bonchev–Trinajstić information content (AvgIpc) is 3.16. The molecule has 0 bridgehead atoms. The van der Waals surface area contributed by atoms with E-state index in [4.69, 9.17) is 11.6 Å². The number of nitrogens with zero attached hydrogens (tertiary/aromatic N) is 4. The molecule has 1 atom stereocenters. The van der Waals surface area contributed by atoms with E-state index in [2.05, 4.69) is 32.5 Å². The number of hydrogen-bond donors (Lipinski definition) is 1. The lowest BCUT2D eigenvalue weighted by Crippen LogP contribution is -2.08. The summed E-state index contributed by atoms with van der Waals surface area (Å²) in [6.45, 7) is 1.23. The van der Waals surface area contributed by atoms with Crippen molar-refractivity contribution in [2.45, 2.75) is 23.6 Å². The summed E-state index contributed by atoms with van der Waals surface area (Å²) in [5.41, 5.74) is 3.04. The van der Waals surface area contributed by atoms with E-state index in [1.54, 1.807) is 6.20 Å². The van der Waals surface area contributed by atoms with Crippen molar-refractivity contribution in [3.63, 3.8) is 0 Å². The quantitative estimate of drug-likeness (QED) is 0.260. The van der Waals surface area contributed by atoms with Crippen LogP contribution in [-0.2, 0) is 13.1 Å². The molecule has 0 fully saturated rings. The minimum absolute atomic E-state index is 0.183. The lowest BCUT2D eigenvalue weighted by molar-refractivity contribution is 0.613. The molecule has 7 heteroatoms. The summed E-state index contributed by atoms with van der Waals surface area (Å²) in [5, 5.41) is 9.37. The van der Waals surface area contributed by atoms with Crippen LogP contribution in [0.2, 0.25) is 0 Å². The fourth-order valence-electron chi connectivity index (χ4n) is 3.00. The number of fused-ring (bicyclic) bond motifs is 1. The van der Waals surface area contributed by atoms with Gasteiger partial charge in [0.15, 0.2) is 10.8 Å². The Morgan fingerprint density at radius 1 is 1.04 bits per heavy atom. The summed E-state index contributed by atoms with van der Waals surface area (Å²) >= 11 is 8.14. The van der Waals surface area contributed by atoms with Crippen LogP contribution in [0.4, 0.5) is 5.82 Å². The van der Waals surface area contributed by atoms with Crippen LogP contribution in [0.5, 0.6) is 0 Å². The zero-order valence-electron chi connectivity index (χ0n) is 15.4. The predicted molar refractivity (Wildman–Crippen MR) is 116 cm³/mol. The van der Waals surface area contributed by atoms with Crippen LogP contribution in [0.1, 0.15) is 16.5 Å². The molecule has 0 amide bonds. The molecule has 4 rings (SSSR count). The second-order valence-electron chi connectivity index (χ2n) is 6.34. The SMILES string of the molecule is CSc1nc(NCc2ccccc2)c2cnn(C[C@H](Cl)c3ccccc3)c2n1. The van der Waals surface area contributed by atoms with E-state index in [9.17, 15) is 0 Å². The molecule has 142 valence electrons. The van der Waals surface area contributed by atoms with Crippen LogP contribution in [-0.4, -0.2) is 26.0 Å². The van der Waals surface area contributed by atoms with Gasteiger partial charge in [-0.05, 0) is 17.4 Å². The first-order valence-corrected chi connectivity index (χ1v) is 10.6. The lowest BCUT2D eigenvalue weighted by Gasteiger charge is -2.12. The number of anilines is 1. The molecule has 0 aliphatic rings. The third kappa shape index (κ3) is 4.13. The van der Waals surface area contributed by atoms with Gasteiger partial charge in [0.05, 0.1) is 23.5 Å². The second kappa shape index (κ2) is 8.63. The third-order valence-electron chi connectivity index (χ3n) is 4.46. The van der Waals surface area contributed by atoms with E-state index in [0.717, 1.165) is 22.4 Å². The summed E-state index contributed by atoms with van der Waals surface area (Å²) in [6, 6.07) is 20.3. The van der Waals surface area contributed by atoms with Gasteiger partial charge in [-0.25, -0.2) is 14.6 Å². The van der Waals surface area contributed by atoms with Crippen LogP contribution < -0.4 is 5.32 Å². The number of nitrogens with one attached hydrogen (secondary N) is 1. The number of rotatable bonds is 7. The van der Waals surface area contributed by atoms with Crippen molar-refractivity contribution in [2.24, 2.45) is 0 Å². The highest BCUT2D eigenvalue weighted by atomic mass is 35.5. The minimum Gasteiger partial charge on any atom is -0.365 e. The van der Waals surface area contributed by atoms with Crippen molar-refractivity contribution in [1.29, 1.82) is 0 Å². The Balaban J connectivity index is 1.62. The Morgan fingerprint density at radius 3 is 2.46 bits per heavy atom. The van der Waals surface area contributed by atoms with Crippen LogP contribution in [0.3, 0.4) is 0 Å². The molecule has 1 N–H and O–H groups in total. The van der Waals surface area contributed by atoms with Gasteiger partial charge in [-0.1, -0.05) is 72.4 Å². The van der Waals surface area contributed by atoms with Crippen molar-refractivity contribution in [1.82, 2.24) is 19.7 Å². The number of thioether (sulfide) groups is 1. The summed E-state index contributed by atoms with van der Waals surface area (Å²) in [5.74, 6) is 0.787. The van der Waals surface area contributed by atoms with Gasteiger partial charge in [-0.15, -0.1) is 11.6 Å². The van der Waals surface area contributed by atoms with E-state index >= 15 is 0 Å². The Bertz CT molecular complexity index is 1050. The molecule has 0 saturated carbocycles. The number of hydrogen-bond acceptors (Lipinski definition) is 5. The van der Waals surface area contributed by atoms with Crippen molar-refractivity contribution in [3.8, 4) is 0 Å². The monoisotopic (exact) mass is 409 g/mol. The zero-order valence-corrected chi connectivity index (χ0v) is 17.0. The molecule has 2 aromatic heterocycles. The van der Waals surface area contributed by atoms with Gasteiger partial charge in [0.1, 0.15) is 5.82 Å². The highest BCUT2D eigenvalue weighted by Crippen LogP contribution is 2.27. The van der Waals surface area contributed by atoms with E-state index in [1.165, 1.54) is 17.3 Å². The smallest absolute Gasteiger partial charge is 0.191 e. The Morgan fingerprint density at radius 2 is 1.75 bits per heavy atom. The van der Waals surface area contributed by atoms with Crippen LogP contribution in [0.25, 0.3) is 11.0 Å². The molecule has 0 aliphatic carbocycles. The van der Waals surface area contributed by atoms with E-state index in [1.807, 2.05) is 59.5 Å². The fourth-order valence-corrected chi connectivity index (χ4v) is 3.63. The van der Waals surface area contributed by atoms with E-state index in [-0.39, 0.29) is 5.38 Å². The van der Waals surface area contributed by atoms with E-state index < -0.39 is 0 Å². The second-order valence-corrected chi connectivity index (χ2v) is 7.64. The maximum atomic E-state index is 6.63. The first-order chi connectivity index (χ1) is 13.7. The Kier molecular flexibility index (Phi) is 5.78. The molecular weight excluding hydrogens is 390 g/mol. The zero-order chi connectivity index (χ0) is 19.3. The van der Waals surface area contributed by atoms with Crippen LogP contribution in [0, 0.1) is 0 Å². The molecule has 0 aliphatic heterocycles. The molecule has 2 aromatic carbocycles. The molecule has 0 saturated heterocycles. The summed E-state index contributed by atoms with van der Waals surface area (Å²) in [7, 11) is 0. The van der Waals surface area contributed by atoms with Crippen molar-refractivity contribution in [3.05, 3.63) is 78.0 Å². The van der Waals surface area contributed by atoms with Crippen molar-refractivity contribution < 1.29 is 0 Å². The Hall–Kier alpha value is -2.57. The lowest BCUT2D eigenvalue weighted by atomic mass is 10.1. The maximum Gasteiger partial charge on any atom is 0.191 e. The number of benzene rings is 2. The molecule has 28 heavy (non-hydrogen) atoms. The first kappa shape index (κ1) is 18.8. The molecule has 0 radical (unpaired) electrons. The number of halogens is 1. The molecule has 5 nitrogen and oxygen atoms in total. The summed E-state index contributed by atoms with van der Waals surface area (Å²) < 4.78 is 1.86. The molecule has 4 aromatic rings. The van der Waals surface area contributed by atoms with Crippen molar-refractivity contribution >= 4 is 40.2 Å². The standard InChI is InChI=1S/C21H20ClN5S/c1-28-21-25-19(23-12-15-8-4-2-5-9-15)17-13-24-27(20(17)26-21)14-18(22)16-10-6-3-7-11-16/h2-11,13,18H,12,14H2,1H3,(H,23,25,26)/t18-/m0/s1. The minimum atomic E-state index is -0.183. The van der Waals surface area contributed by atoms with Gasteiger partial charge in [0.2, 0.25) is 0 Å². The fraction of sp³-hybridized carbons (Fsp3) is 0.190. The van der Waals surface area contributed by atoms with Crippen LogP contribution >= 0.6 is 23.4 Å². The summed E-state index contributed by atoms with van der Waals surface area (Å²) in [6.07, 6.45) is 3.78.